The molecule has 1 atom stereocenters. The molecule has 0 bridgehead atoms. The van der Waals surface area contributed by atoms with Gasteiger partial charge in [-0.2, -0.15) is 0 Å². The van der Waals surface area contributed by atoms with Crippen LogP contribution in [0, 0.1) is 11.6 Å². The first-order valence-electron chi connectivity index (χ1n) is 3.96. The number of hydrogen-bond donors (Lipinski definition) is 1. The summed E-state index contributed by atoms with van der Waals surface area (Å²) in [7, 11) is 1.17. The average molecular weight is 222 g/mol. The summed E-state index contributed by atoms with van der Waals surface area (Å²) in [6.45, 7) is 1.58. The van der Waals surface area contributed by atoms with E-state index in [-0.39, 0.29) is 10.6 Å². The van der Waals surface area contributed by atoms with Crippen LogP contribution < -0.4 is 10.5 Å². The van der Waals surface area contributed by atoms with E-state index < -0.39 is 23.4 Å². The van der Waals surface area contributed by atoms with Gasteiger partial charge in [-0.1, -0.05) is 11.6 Å². The van der Waals surface area contributed by atoms with Crippen molar-refractivity contribution in [3.63, 3.8) is 0 Å². The average Bonchev–Trinajstić information content (AvgIpc) is 2.12. The van der Waals surface area contributed by atoms with Crippen molar-refractivity contribution in [2.75, 3.05) is 7.11 Å². The van der Waals surface area contributed by atoms with E-state index >= 15 is 0 Å². The SMILES string of the molecule is COc1c(F)c(Cl)cc(C(C)N)c1F. The van der Waals surface area contributed by atoms with Crippen molar-refractivity contribution in [3.8, 4) is 5.75 Å². The highest BCUT2D eigenvalue weighted by molar-refractivity contribution is 6.31. The van der Waals surface area contributed by atoms with Gasteiger partial charge in [-0.15, -0.1) is 0 Å². The van der Waals surface area contributed by atoms with Crippen LogP contribution in [0.2, 0.25) is 5.02 Å². The highest BCUT2D eigenvalue weighted by atomic mass is 35.5. The van der Waals surface area contributed by atoms with E-state index in [2.05, 4.69) is 4.74 Å². The van der Waals surface area contributed by atoms with Crippen molar-refractivity contribution in [2.24, 2.45) is 5.73 Å². The highest BCUT2D eigenvalue weighted by Gasteiger charge is 2.19. The molecule has 0 aliphatic rings. The van der Waals surface area contributed by atoms with E-state index in [9.17, 15) is 8.78 Å². The second kappa shape index (κ2) is 4.11. The molecule has 0 fully saturated rings. The summed E-state index contributed by atoms with van der Waals surface area (Å²) in [4.78, 5) is 0. The van der Waals surface area contributed by atoms with E-state index in [1.54, 1.807) is 6.92 Å². The molecule has 0 spiro atoms. The predicted molar refractivity (Wildman–Crippen MR) is 50.5 cm³/mol. The van der Waals surface area contributed by atoms with Gasteiger partial charge in [0.2, 0.25) is 0 Å². The van der Waals surface area contributed by atoms with Crippen LogP contribution in [0.25, 0.3) is 0 Å². The van der Waals surface area contributed by atoms with Gasteiger partial charge in [0.15, 0.2) is 17.4 Å². The van der Waals surface area contributed by atoms with Crippen LogP contribution >= 0.6 is 11.6 Å². The minimum atomic E-state index is -0.906. The van der Waals surface area contributed by atoms with Gasteiger partial charge in [-0.3, -0.25) is 0 Å². The zero-order valence-corrected chi connectivity index (χ0v) is 8.53. The molecule has 0 aliphatic carbocycles. The first-order valence-corrected chi connectivity index (χ1v) is 4.33. The Morgan fingerprint density at radius 3 is 2.43 bits per heavy atom. The lowest BCUT2D eigenvalue weighted by molar-refractivity contribution is 0.356. The van der Waals surface area contributed by atoms with Gasteiger partial charge in [0, 0.05) is 11.6 Å². The first-order chi connectivity index (χ1) is 6.49. The summed E-state index contributed by atoms with van der Waals surface area (Å²) in [5.74, 6) is -2.20. The molecule has 0 saturated heterocycles. The zero-order chi connectivity index (χ0) is 10.9. The van der Waals surface area contributed by atoms with Gasteiger partial charge in [-0.05, 0) is 13.0 Å². The normalized spacial score (nSPS) is 12.7. The Morgan fingerprint density at radius 1 is 1.43 bits per heavy atom. The van der Waals surface area contributed by atoms with Crippen LogP contribution in [0.5, 0.6) is 5.75 Å². The lowest BCUT2D eigenvalue weighted by Gasteiger charge is -2.12. The molecule has 78 valence electrons. The lowest BCUT2D eigenvalue weighted by atomic mass is 10.1. The summed E-state index contributed by atoms with van der Waals surface area (Å²) < 4.78 is 31.2. The van der Waals surface area contributed by atoms with Gasteiger partial charge in [0.25, 0.3) is 0 Å². The van der Waals surface area contributed by atoms with Crippen molar-refractivity contribution >= 4 is 11.6 Å². The second-order valence-corrected chi connectivity index (χ2v) is 3.30. The van der Waals surface area contributed by atoms with Crippen molar-refractivity contribution in [2.45, 2.75) is 13.0 Å². The fourth-order valence-corrected chi connectivity index (χ4v) is 1.31. The fraction of sp³-hybridized carbons (Fsp3) is 0.333. The number of methoxy groups -OCH3 is 1. The molecule has 2 N–H and O–H groups in total. The quantitative estimate of drug-likeness (QED) is 0.780. The minimum absolute atomic E-state index is 0.133. The molecular formula is C9H10ClF2NO. The third-order valence-electron chi connectivity index (χ3n) is 1.84. The van der Waals surface area contributed by atoms with E-state index in [0.717, 1.165) is 0 Å². The standard InChI is InChI=1S/C9H10ClF2NO/c1-4(13)5-3-6(10)8(12)9(14-2)7(5)11/h3-4H,13H2,1-2H3. The maximum atomic E-state index is 13.5. The van der Waals surface area contributed by atoms with Gasteiger partial charge in [0.1, 0.15) is 0 Å². The number of ether oxygens (including phenoxy) is 1. The van der Waals surface area contributed by atoms with E-state index in [1.807, 2.05) is 0 Å². The van der Waals surface area contributed by atoms with Gasteiger partial charge in [-0.25, -0.2) is 8.78 Å². The summed E-state index contributed by atoms with van der Waals surface area (Å²) in [5.41, 5.74) is 5.61. The van der Waals surface area contributed by atoms with E-state index in [0.29, 0.717) is 0 Å². The van der Waals surface area contributed by atoms with Crippen molar-refractivity contribution in [1.29, 1.82) is 0 Å². The van der Waals surface area contributed by atoms with Crippen LogP contribution in [-0.4, -0.2) is 7.11 Å². The Kier molecular flexibility index (Phi) is 3.29. The number of hydrogen-bond acceptors (Lipinski definition) is 2. The van der Waals surface area contributed by atoms with Crippen LogP contribution in [0.3, 0.4) is 0 Å². The highest BCUT2D eigenvalue weighted by Crippen LogP contribution is 2.32. The zero-order valence-electron chi connectivity index (χ0n) is 7.77. The van der Waals surface area contributed by atoms with Gasteiger partial charge in [0.05, 0.1) is 12.1 Å². The molecule has 0 amide bonds. The molecule has 1 aromatic carbocycles. The molecule has 0 radical (unpaired) electrons. The van der Waals surface area contributed by atoms with Crippen molar-refractivity contribution < 1.29 is 13.5 Å². The fourth-order valence-electron chi connectivity index (χ4n) is 1.11. The molecule has 0 saturated carbocycles. The van der Waals surface area contributed by atoms with Crippen LogP contribution in [0.1, 0.15) is 18.5 Å². The number of halogens is 3. The first kappa shape index (κ1) is 11.2. The third-order valence-corrected chi connectivity index (χ3v) is 2.11. The number of rotatable bonds is 2. The summed E-state index contributed by atoms with van der Waals surface area (Å²) in [6.07, 6.45) is 0. The van der Waals surface area contributed by atoms with Gasteiger partial charge < -0.3 is 10.5 Å². The molecule has 5 heteroatoms. The Labute approximate surface area is 85.6 Å². The Morgan fingerprint density at radius 2 is 2.00 bits per heavy atom. The monoisotopic (exact) mass is 221 g/mol. The smallest absolute Gasteiger partial charge is 0.192 e. The molecule has 0 heterocycles. The third kappa shape index (κ3) is 1.81. The topological polar surface area (TPSA) is 35.2 Å². The Balaban J connectivity index is 3.42. The molecule has 2 nitrogen and oxygen atoms in total. The number of nitrogens with two attached hydrogens (primary N) is 1. The molecule has 0 aliphatic heterocycles. The number of benzene rings is 1. The largest absolute Gasteiger partial charge is 0.491 e. The van der Waals surface area contributed by atoms with Crippen molar-refractivity contribution in [3.05, 3.63) is 28.3 Å². The second-order valence-electron chi connectivity index (χ2n) is 2.90. The maximum Gasteiger partial charge on any atom is 0.192 e. The molecular weight excluding hydrogens is 212 g/mol. The summed E-state index contributed by atoms with van der Waals surface area (Å²) >= 11 is 5.54. The maximum absolute atomic E-state index is 13.5. The molecule has 1 rings (SSSR count). The minimum Gasteiger partial charge on any atom is -0.491 e. The van der Waals surface area contributed by atoms with E-state index in [4.69, 9.17) is 17.3 Å². The van der Waals surface area contributed by atoms with Crippen LogP contribution in [-0.2, 0) is 0 Å². The van der Waals surface area contributed by atoms with E-state index in [1.165, 1.54) is 13.2 Å². The van der Waals surface area contributed by atoms with Crippen LogP contribution in [0.15, 0.2) is 6.07 Å². The lowest BCUT2D eigenvalue weighted by Crippen LogP contribution is -2.09. The molecule has 1 aromatic rings. The summed E-state index contributed by atoms with van der Waals surface area (Å²) in [6, 6.07) is 0.598. The van der Waals surface area contributed by atoms with Gasteiger partial charge >= 0.3 is 0 Å². The molecule has 1 unspecified atom stereocenters. The van der Waals surface area contributed by atoms with Crippen LogP contribution in [0.4, 0.5) is 8.78 Å². The Bertz CT molecular complexity index is 355. The van der Waals surface area contributed by atoms with Crippen molar-refractivity contribution in [1.82, 2.24) is 0 Å². The molecule has 0 aromatic heterocycles. The molecule has 14 heavy (non-hydrogen) atoms. The predicted octanol–water partition coefficient (Wildman–Crippen LogP) is 2.65. The Hall–Kier alpha value is -0.870. The summed E-state index contributed by atoms with van der Waals surface area (Å²) in [5, 5.41) is -0.199.